The van der Waals surface area contributed by atoms with E-state index >= 15 is 0 Å². The highest BCUT2D eigenvalue weighted by molar-refractivity contribution is 5.80. The first-order chi connectivity index (χ1) is 8.20. The quantitative estimate of drug-likeness (QED) is 0.781. The molecule has 3 heteroatoms. The minimum absolute atomic E-state index is 0.309. The predicted molar refractivity (Wildman–Crippen MR) is 66.8 cm³/mol. The average molecular weight is 228 g/mol. The lowest BCUT2D eigenvalue weighted by molar-refractivity contribution is -0.120. The Morgan fingerprint density at radius 2 is 2.06 bits per heavy atom. The van der Waals surface area contributed by atoms with Crippen LogP contribution in [0.25, 0.3) is 0 Å². The molecular weight excluding hydrogens is 212 g/mol. The number of hydrogen-bond donors (Lipinski definition) is 0. The van der Waals surface area contributed by atoms with Gasteiger partial charge in [0.15, 0.2) is 0 Å². The van der Waals surface area contributed by atoms with Crippen LogP contribution in [0.5, 0.6) is 0 Å². The maximum absolute atomic E-state index is 11.4. The van der Waals surface area contributed by atoms with E-state index in [9.17, 15) is 4.79 Å². The van der Waals surface area contributed by atoms with Crippen LogP contribution in [0.15, 0.2) is 24.3 Å². The molecular formula is C14H16N2O. The van der Waals surface area contributed by atoms with E-state index in [1.54, 1.807) is 0 Å². The fourth-order valence-corrected chi connectivity index (χ4v) is 2.31. The summed E-state index contributed by atoms with van der Waals surface area (Å²) >= 11 is 0. The Morgan fingerprint density at radius 3 is 2.65 bits per heavy atom. The summed E-state index contributed by atoms with van der Waals surface area (Å²) in [5, 5.41) is 8.74. The van der Waals surface area contributed by atoms with E-state index in [1.807, 2.05) is 31.3 Å². The third kappa shape index (κ3) is 2.65. The Labute approximate surface area is 102 Å². The van der Waals surface area contributed by atoms with Crippen LogP contribution < -0.4 is 4.90 Å². The summed E-state index contributed by atoms with van der Waals surface area (Å²) < 4.78 is 0. The summed E-state index contributed by atoms with van der Waals surface area (Å²) in [6.07, 6.45) is 3.45. The zero-order valence-corrected chi connectivity index (χ0v) is 10.0. The molecule has 0 heterocycles. The first-order valence-electron chi connectivity index (χ1n) is 5.95. The minimum Gasteiger partial charge on any atom is -0.371 e. The molecule has 0 saturated heterocycles. The number of anilines is 1. The Balaban J connectivity index is 2.10. The predicted octanol–water partition coefficient (Wildman–Crippen LogP) is 2.51. The van der Waals surface area contributed by atoms with Crippen LogP contribution in [0.3, 0.4) is 0 Å². The van der Waals surface area contributed by atoms with E-state index in [4.69, 9.17) is 5.26 Å². The van der Waals surface area contributed by atoms with Gasteiger partial charge in [-0.25, -0.2) is 0 Å². The molecule has 1 aromatic rings. The van der Waals surface area contributed by atoms with Gasteiger partial charge in [0.25, 0.3) is 0 Å². The minimum atomic E-state index is 0.309. The lowest BCUT2D eigenvalue weighted by Gasteiger charge is -2.32. The molecule has 3 nitrogen and oxygen atoms in total. The first-order valence-corrected chi connectivity index (χ1v) is 5.95. The van der Waals surface area contributed by atoms with Crippen molar-refractivity contribution in [3.63, 3.8) is 0 Å². The second-order valence-corrected chi connectivity index (χ2v) is 4.56. The van der Waals surface area contributed by atoms with Gasteiger partial charge in [-0.2, -0.15) is 5.26 Å². The molecule has 0 N–H and O–H groups in total. The second kappa shape index (κ2) is 5.01. The van der Waals surface area contributed by atoms with Crippen LogP contribution in [-0.4, -0.2) is 18.9 Å². The summed E-state index contributed by atoms with van der Waals surface area (Å²) in [7, 11) is 2.02. The molecule has 1 atom stereocenters. The molecule has 0 bridgehead atoms. The van der Waals surface area contributed by atoms with Gasteiger partial charge in [-0.1, -0.05) is 0 Å². The molecule has 2 rings (SSSR count). The van der Waals surface area contributed by atoms with Crippen molar-refractivity contribution >= 4 is 11.5 Å². The molecule has 0 amide bonds. The molecule has 1 aromatic carbocycles. The number of Topliss-reactive ketones (excluding diaryl/α,β-unsaturated/α-hetero) is 1. The van der Waals surface area contributed by atoms with Gasteiger partial charge in [-0.3, -0.25) is 4.79 Å². The number of nitriles is 1. The second-order valence-electron chi connectivity index (χ2n) is 4.56. The van der Waals surface area contributed by atoms with Gasteiger partial charge in [0.05, 0.1) is 11.6 Å². The lowest BCUT2D eigenvalue weighted by atomic mass is 9.93. The van der Waals surface area contributed by atoms with E-state index in [0.29, 0.717) is 23.8 Å². The van der Waals surface area contributed by atoms with Crippen molar-refractivity contribution < 1.29 is 4.79 Å². The molecule has 1 fully saturated rings. The first kappa shape index (κ1) is 11.7. The zero-order chi connectivity index (χ0) is 12.3. The molecule has 0 aliphatic heterocycles. The fraction of sp³-hybridized carbons (Fsp3) is 0.429. The van der Waals surface area contributed by atoms with Crippen LogP contribution in [-0.2, 0) is 4.79 Å². The highest BCUT2D eigenvalue weighted by Crippen LogP contribution is 2.24. The number of rotatable bonds is 2. The summed E-state index contributed by atoms with van der Waals surface area (Å²) in [5.41, 5.74) is 1.74. The third-order valence-corrected chi connectivity index (χ3v) is 3.41. The maximum Gasteiger partial charge on any atom is 0.134 e. The molecule has 0 aromatic heterocycles. The van der Waals surface area contributed by atoms with Crippen molar-refractivity contribution in [3.8, 4) is 6.07 Å². The van der Waals surface area contributed by atoms with Crippen LogP contribution in [0.4, 0.5) is 5.69 Å². The van der Waals surface area contributed by atoms with Crippen molar-refractivity contribution in [1.82, 2.24) is 0 Å². The van der Waals surface area contributed by atoms with Gasteiger partial charge in [-0.15, -0.1) is 0 Å². The van der Waals surface area contributed by atoms with Crippen LogP contribution in [0.1, 0.15) is 31.2 Å². The Bertz CT molecular complexity index is 444. The topological polar surface area (TPSA) is 44.1 Å². The summed E-state index contributed by atoms with van der Waals surface area (Å²) in [6.45, 7) is 0. The monoisotopic (exact) mass is 228 g/mol. The third-order valence-electron chi connectivity index (χ3n) is 3.41. The number of ketones is 1. The van der Waals surface area contributed by atoms with Crippen molar-refractivity contribution in [1.29, 1.82) is 5.26 Å². The molecule has 88 valence electrons. The largest absolute Gasteiger partial charge is 0.371 e. The van der Waals surface area contributed by atoms with Gasteiger partial charge in [0.1, 0.15) is 5.78 Å². The van der Waals surface area contributed by atoms with Crippen LogP contribution in [0.2, 0.25) is 0 Å². The number of carbonyl (C=O) groups is 1. The summed E-state index contributed by atoms with van der Waals surface area (Å²) in [5.74, 6) is 0.363. The highest BCUT2D eigenvalue weighted by atomic mass is 16.1. The number of nitrogens with zero attached hydrogens (tertiary/aromatic N) is 2. The van der Waals surface area contributed by atoms with E-state index in [2.05, 4.69) is 11.0 Å². The van der Waals surface area contributed by atoms with Gasteiger partial charge in [0, 0.05) is 31.6 Å². The van der Waals surface area contributed by atoms with Crippen molar-refractivity contribution in [2.24, 2.45) is 0 Å². The Morgan fingerprint density at radius 1 is 1.35 bits per heavy atom. The van der Waals surface area contributed by atoms with Crippen LogP contribution in [0, 0.1) is 11.3 Å². The smallest absolute Gasteiger partial charge is 0.134 e. The molecule has 1 aliphatic rings. The fourth-order valence-electron chi connectivity index (χ4n) is 2.31. The Kier molecular flexibility index (Phi) is 3.43. The van der Waals surface area contributed by atoms with E-state index in [-0.39, 0.29) is 0 Å². The SMILES string of the molecule is CN(c1ccc(C#N)cc1)C1CCCC(=O)C1. The summed E-state index contributed by atoms with van der Waals surface area (Å²) in [6, 6.07) is 9.93. The van der Waals surface area contributed by atoms with Gasteiger partial charge in [-0.05, 0) is 37.1 Å². The standard InChI is InChI=1S/C14H16N2O/c1-16(13-3-2-4-14(17)9-13)12-7-5-11(10-15)6-8-12/h5-8,13H,2-4,9H2,1H3. The summed E-state index contributed by atoms with van der Waals surface area (Å²) in [4.78, 5) is 13.6. The highest BCUT2D eigenvalue weighted by Gasteiger charge is 2.23. The molecule has 1 unspecified atom stereocenters. The lowest BCUT2D eigenvalue weighted by Crippen LogP contribution is -2.36. The van der Waals surface area contributed by atoms with Gasteiger partial charge in [0.2, 0.25) is 0 Å². The van der Waals surface area contributed by atoms with Crippen molar-refractivity contribution in [3.05, 3.63) is 29.8 Å². The molecule has 1 saturated carbocycles. The maximum atomic E-state index is 11.4. The van der Waals surface area contributed by atoms with Crippen LogP contribution >= 0.6 is 0 Å². The van der Waals surface area contributed by atoms with Crippen molar-refractivity contribution in [2.75, 3.05) is 11.9 Å². The molecule has 0 spiro atoms. The molecule has 0 radical (unpaired) electrons. The number of benzene rings is 1. The van der Waals surface area contributed by atoms with E-state index in [1.165, 1.54) is 0 Å². The van der Waals surface area contributed by atoms with Crippen molar-refractivity contribution in [2.45, 2.75) is 31.7 Å². The van der Waals surface area contributed by atoms with Gasteiger partial charge < -0.3 is 4.90 Å². The zero-order valence-electron chi connectivity index (χ0n) is 10.0. The number of carbonyl (C=O) groups excluding carboxylic acids is 1. The molecule has 17 heavy (non-hydrogen) atoms. The molecule has 1 aliphatic carbocycles. The average Bonchev–Trinajstić information content (AvgIpc) is 2.38. The number of hydrogen-bond acceptors (Lipinski definition) is 3. The van der Waals surface area contributed by atoms with E-state index in [0.717, 1.165) is 24.9 Å². The normalized spacial score (nSPS) is 19.8. The van der Waals surface area contributed by atoms with Gasteiger partial charge >= 0.3 is 0 Å². The Hall–Kier alpha value is -1.82. The van der Waals surface area contributed by atoms with E-state index < -0.39 is 0 Å².